The van der Waals surface area contributed by atoms with E-state index < -0.39 is 0 Å². The van der Waals surface area contributed by atoms with E-state index >= 15 is 0 Å². The molecule has 1 aromatic heterocycles. The van der Waals surface area contributed by atoms with Crippen molar-refractivity contribution in [2.75, 3.05) is 0 Å². The molecule has 37 valence electrons. The van der Waals surface area contributed by atoms with E-state index in [4.69, 9.17) is 0 Å². The Morgan fingerprint density at radius 3 is 2.43 bits per heavy atom. The number of hydrogen-bond donors (Lipinski definition) is 0. The van der Waals surface area contributed by atoms with Gasteiger partial charge in [0.15, 0.2) is 0 Å². The summed E-state index contributed by atoms with van der Waals surface area (Å²) in [5.41, 5.74) is 0. The van der Waals surface area contributed by atoms with E-state index in [0.29, 0.717) is 0 Å². The SMILES string of the molecule is Cc1ccc([O])s1. The van der Waals surface area contributed by atoms with Crippen LogP contribution >= 0.6 is 11.3 Å². The van der Waals surface area contributed by atoms with Crippen molar-refractivity contribution in [2.45, 2.75) is 6.92 Å². The van der Waals surface area contributed by atoms with Gasteiger partial charge in [-0.05, 0) is 19.1 Å². The van der Waals surface area contributed by atoms with E-state index in [1.165, 1.54) is 11.3 Å². The van der Waals surface area contributed by atoms with E-state index in [0.717, 1.165) is 4.88 Å². The predicted molar refractivity (Wildman–Crippen MR) is 29.2 cm³/mol. The number of thiophene rings is 1. The van der Waals surface area contributed by atoms with Crippen LogP contribution < -0.4 is 0 Å². The summed E-state index contributed by atoms with van der Waals surface area (Å²) in [6.07, 6.45) is 0. The van der Waals surface area contributed by atoms with Crippen molar-refractivity contribution >= 4 is 11.3 Å². The van der Waals surface area contributed by atoms with Crippen molar-refractivity contribution < 1.29 is 5.11 Å². The van der Waals surface area contributed by atoms with Gasteiger partial charge in [0.2, 0.25) is 5.06 Å². The molecule has 0 unspecified atom stereocenters. The first-order chi connectivity index (χ1) is 3.29. The molecule has 0 aliphatic rings. The van der Waals surface area contributed by atoms with Crippen molar-refractivity contribution in [1.82, 2.24) is 0 Å². The van der Waals surface area contributed by atoms with Gasteiger partial charge in [0.05, 0.1) is 0 Å². The van der Waals surface area contributed by atoms with Crippen LogP contribution in [0.4, 0.5) is 0 Å². The summed E-state index contributed by atoms with van der Waals surface area (Å²) >= 11 is 1.29. The quantitative estimate of drug-likeness (QED) is 0.491. The lowest BCUT2D eigenvalue weighted by Crippen LogP contribution is -1.43. The molecule has 0 aliphatic heterocycles. The van der Waals surface area contributed by atoms with Crippen molar-refractivity contribution in [2.24, 2.45) is 0 Å². The monoisotopic (exact) mass is 113 g/mol. The number of hydrogen-bond acceptors (Lipinski definition) is 1. The van der Waals surface area contributed by atoms with E-state index in [9.17, 15) is 5.11 Å². The Morgan fingerprint density at radius 1 is 1.57 bits per heavy atom. The number of rotatable bonds is 0. The summed E-state index contributed by atoms with van der Waals surface area (Å²) in [5.74, 6) is 0. The molecular formula is C5H5OS. The average molecular weight is 113 g/mol. The standard InChI is InChI=1S/C5H5OS/c1-4-2-3-5(6)7-4/h2-3H,1H3. The van der Waals surface area contributed by atoms with Gasteiger partial charge in [-0.2, -0.15) is 0 Å². The normalized spacial score (nSPS) is 9.29. The lowest BCUT2D eigenvalue weighted by molar-refractivity contribution is 0.368. The second-order valence-corrected chi connectivity index (χ2v) is 2.62. The molecule has 0 amide bonds. The van der Waals surface area contributed by atoms with Gasteiger partial charge in [0.25, 0.3) is 0 Å². The zero-order chi connectivity index (χ0) is 5.28. The van der Waals surface area contributed by atoms with Crippen molar-refractivity contribution in [3.8, 4) is 5.06 Å². The highest BCUT2D eigenvalue weighted by Gasteiger charge is 1.90. The zero-order valence-corrected chi connectivity index (χ0v) is 4.79. The molecule has 1 nitrogen and oxygen atoms in total. The van der Waals surface area contributed by atoms with Crippen molar-refractivity contribution in [3.63, 3.8) is 0 Å². The summed E-state index contributed by atoms with van der Waals surface area (Å²) in [7, 11) is 0. The Morgan fingerprint density at radius 2 is 2.29 bits per heavy atom. The highest BCUT2D eigenvalue weighted by atomic mass is 32.1. The van der Waals surface area contributed by atoms with Gasteiger partial charge in [-0.1, -0.05) is 11.3 Å². The molecule has 0 fully saturated rings. The fourth-order valence-corrected chi connectivity index (χ4v) is 1.00. The molecular weight excluding hydrogens is 108 g/mol. The Hall–Kier alpha value is -0.500. The third-order valence-corrected chi connectivity index (χ3v) is 1.51. The maximum atomic E-state index is 10.3. The smallest absolute Gasteiger partial charge is 0.232 e. The maximum absolute atomic E-state index is 10.3. The third kappa shape index (κ3) is 0.933. The van der Waals surface area contributed by atoms with Gasteiger partial charge < -0.3 is 0 Å². The molecule has 0 aromatic carbocycles. The Balaban J connectivity index is 3.04. The van der Waals surface area contributed by atoms with E-state index in [1.807, 2.05) is 13.0 Å². The fraction of sp³-hybridized carbons (Fsp3) is 0.200. The van der Waals surface area contributed by atoms with Crippen LogP contribution in [0, 0.1) is 6.92 Å². The lowest BCUT2D eigenvalue weighted by Gasteiger charge is -1.67. The van der Waals surface area contributed by atoms with E-state index in [1.54, 1.807) is 6.07 Å². The molecule has 1 radical (unpaired) electrons. The molecule has 1 rings (SSSR count). The molecule has 1 heterocycles. The molecule has 7 heavy (non-hydrogen) atoms. The predicted octanol–water partition coefficient (Wildman–Crippen LogP) is 2.20. The summed E-state index contributed by atoms with van der Waals surface area (Å²) in [5, 5.41) is 10.5. The molecule has 0 atom stereocenters. The molecule has 1 aromatic rings. The van der Waals surface area contributed by atoms with Gasteiger partial charge >= 0.3 is 0 Å². The second kappa shape index (κ2) is 1.54. The fourth-order valence-electron chi connectivity index (χ4n) is 0.412. The minimum absolute atomic E-state index is 0.150. The maximum Gasteiger partial charge on any atom is 0.232 e. The van der Waals surface area contributed by atoms with Crippen LogP contribution in [0.25, 0.3) is 0 Å². The Kier molecular flexibility index (Phi) is 1.02. The van der Waals surface area contributed by atoms with Gasteiger partial charge in [0, 0.05) is 4.88 Å². The van der Waals surface area contributed by atoms with Gasteiger partial charge in [-0.15, -0.1) is 0 Å². The Bertz CT molecular complexity index is 140. The molecule has 0 bridgehead atoms. The van der Waals surface area contributed by atoms with Gasteiger partial charge in [-0.3, -0.25) is 5.11 Å². The highest BCUT2D eigenvalue weighted by Crippen LogP contribution is 2.21. The summed E-state index contributed by atoms with van der Waals surface area (Å²) in [4.78, 5) is 1.09. The second-order valence-electron chi connectivity index (χ2n) is 1.37. The van der Waals surface area contributed by atoms with E-state index in [-0.39, 0.29) is 5.06 Å². The minimum atomic E-state index is 0.150. The van der Waals surface area contributed by atoms with Gasteiger partial charge in [0.1, 0.15) is 0 Å². The van der Waals surface area contributed by atoms with Crippen LogP contribution in [-0.2, 0) is 5.11 Å². The van der Waals surface area contributed by atoms with E-state index in [2.05, 4.69) is 0 Å². The first-order valence-electron chi connectivity index (χ1n) is 2.02. The van der Waals surface area contributed by atoms with Crippen LogP contribution in [0.2, 0.25) is 0 Å². The van der Waals surface area contributed by atoms with Crippen LogP contribution in [0.3, 0.4) is 0 Å². The van der Waals surface area contributed by atoms with Crippen LogP contribution in [0.15, 0.2) is 12.1 Å². The Labute approximate surface area is 46.2 Å². The van der Waals surface area contributed by atoms with Gasteiger partial charge in [-0.25, -0.2) is 0 Å². The third-order valence-electron chi connectivity index (χ3n) is 0.716. The lowest BCUT2D eigenvalue weighted by atomic mass is 10.5. The molecule has 2 heteroatoms. The first kappa shape index (κ1) is 4.65. The van der Waals surface area contributed by atoms with Crippen molar-refractivity contribution in [1.29, 1.82) is 0 Å². The summed E-state index contributed by atoms with van der Waals surface area (Å²) in [6.45, 7) is 1.92. The number of aryl methyl sites for hydroxylation is 1. The topological polar surface area (TPSA) is 19.9 Å². The van der Waals surface area contributed by atoms with Crippen LogP contribution in [0.1, 0.15) is 4.88 Å². The van der Waals surface area contributed by atoms with Crippen molar-refractivity contribution in [3.05, 3.63) is 17.0 Å². The minimum Gasteiger partial charge on any atom is -0.278 e. The first-order valence-corrected chi connectivity index (χ1v) is 2.84. The molecule has 0 saturated heterocycles. The largest absolute Gasteiger partial charge is 0.278 e. The summed E-state index contributed by atoms with van der Waals surface area (Å²) in [6, 6.07) is 3.41. The average Bonchev–Trinajstić information content (AvgIpc) is 1.87. The molecule has 0 spiro atoms. The zero-order valence-electron chi connectivity index (χ0n) is 3.97. The van der Waals surface area contributed by atoms with Crippen LogP contribution in [-0.4, -0.2) is 0 Å². The molecule has 0 aliphatic carbocycles. The molecule has 0 N–H and O–H groups in total. The highest BCUT2D eigenvalue weighted by molar-refractivity contribution is 7.13. The summed E-state index contributed by atoms with van der Waals surface area (Å²) < 4.78 is 0. The van der Waals surface area contributed by atoms with Crippen LogP contribution in [0.5, 0.6) is 5.06 Å². The molecule has 0 saturated carbocycles.